The third-order valence-corrected chi connectivity index (χ3v) is 2.70. The number of hydrogen-bond donors (Lipinski definition) is 1. The zero-order valence-electron chi connectivity index (χ0n) is 9.69. The number of aliphatic hydroxyl groups is 1. The highest BCUT2D eigenvalue weighted by molar-refractivity contribution is 5.02. The van der Waals surface area contributed by atoms with E-state index in [1.807, 2.05) is 0 Å². The zero-order chi connectivity index (χ0) is 11.1. The Bertz CT molecular complexity index is 351. The van der Waals surface area contributed by atoms with Gasteiger partial charge in [-0.3, -0.25) is 0 Å². The molecule has 1 aliphatic rings. The van der Waals surface area contributed by atoms with Crippen LogP contribution in [-0.4, -0.2) is 26.0 Å². The highest BCUT2D eigenvalue weighted by Gasteiger charge is 2.23. The Kier molecular flexibility index (Phi) is 2.54. The minimum atomic E-state index is -0.232. The van der Waals surface area contributed by atoms with E-state index < -0.39 is 0 Å². The lowest BCUT2D eigenvalue weighted by Gasteiger charge is -2.22. The van der Waals surface area contributed by atoms with E-state index >= 15 is 0 Å². The molecule has 0 amide bonds. The van der Waals surface area contributed by atoms with Gasteiger partial charge in [-0.15, -0.1) is 10.2 Å². The van der Waals surface area contributed by atoms with Crippen molar-refractivity contribution in [1.29, 1.82) is 0 Å². The Hall–Kier alpha value is -0.900. The quantitative estimate of drug-likeness (QED) is 0.755. The van der Waals surface area contributed by atoms with Crippen LogP contribution in [0.3, 0.4) is 0 Å². The SMILES string of the molecule is CC(C)(C)Cc1nnc2n1CCC(O)C2. The fourth-order valence-corrected chi connectivity index (χ4v) is 1.98. The molecule has 1 aliphatic heterocycles. The van der Waals surface area contributed by atoms with E-state index in [0.717, 1.165) is 31.0 Å². The van der Waals surface area contributed by atoms with Crippen molar-refractivity contribution in [3.8, 4) is 0 Å². The van der Waals surface area contributed by atoms with Gasteiger partial charge in [-0.2, -0.15) is 0 Å². The zero-order valence-corrected chi connectivity index (χ0v) is 9.69. The van der Waals surface area contributed by atoms with E-state index in [9.17, 15) is 5.11 Å². The van der Waals surface area contributed by atoms with Crippen molar-refractivity contribution in [2.45, 2.75) is 52.7 Å². The molecule has 1 atom stereocenters. The van der Waals surface area contributed by atoms with Crippen molar-refractivity contribution < 1.29 is 5.11 Å². The molecule has 1 unspecified atom stereocenters. The molecule has 15 heavy (non-hydrogen) atoms. The van der Waals surface area contributed by atoms with E-state index in [4.69, 9.17) is 0 Å². The van der Waals surface area contributed by atoms with Gasteiger partial charge in [-0.25, -0.2) is 0 Å². The summed E-state index contributed by atoms with van der Waals surface area (Å²) < 4.78 is 2.16. The lowest BCUT2D eigenvalue weighted by atomic mass is 9.92. The molecule has 0 aliphatic carbocycles. The van der Waals surface area contributed by atoms with Crippen LogP contribution in [0.25, 0.3) is 0 Å². The molecule has 1 aromatic rings. The van der Waals surface area contributed by atoms with Gasteiger partial charge in [-0.05, 0) is 11.8 Å². The van der Waals surface area contributed by atoms with Gasteiger partial charge in [0.2, 0.25) is 0 Å². The third-order valence-electron chi connectivity index (χ3n) is 2.70. The summed E-state index contributed by atoms with van der Waals surface area (Å²) in [5, 5.41) is 17.9. The largest absolute Gasteiger partial charge is 0.393 e. The molecule has 0 saturated heterocycles. The maximum atomic E-state index is 9.52. The van der Waals surface area contributed by atoms with Crippen molar-refractivity contribution in [2.75, 3.05) is 0 Å². The highest BCUT2D eigenvalue weighted by atomic mass is 16.3. The lowest BCUT2D eigenvalue weighted by molar-refractivity contribution is 0.140. The monoisotopic (exact) mass is 209 g/mol. The van der Waals surface area contributed by atoms with Crippen molar-refractivity contribution in [3.05, 3.63) is 11.6 Å². The van der Waals surface area contributed by atoms with Crippen LogP contribution in [0.1, 0.15) is 38.8 Å². The van der Waals surface area contributed by atoms with Crippen LogP contribution in [-0.2, 0) is 19.4 Å². The topological polar surface area (TPSA) is 50.9 Å². The van der Waals surface area contributed by atoms with Crippen LogP contribution in [0.2, 0.25) is 0 Å². The predicted molar refractivity (Wildman–Crippen MR) is 57.5 cm³/mol. The van der Waals surface area contributed by atoms with Crippen LogP contribution < -0.4 is 0 Å². The molecule has 4 heteroatoms. The van der Waals surface area contributed by atoms with E-state index in [2.05, 4.69) is 35.5 Å². The first-order valence-electron chi connectivity index (χ1n) is 5.55. The number of rotatable bonds is 1. The first-order valence-corrected chi connectivity index (χ1v) is 5.55. The number of aliphatic hydroxyl groups excluding tert-OH is 1. The summed E-state index contributed by atoms with van der Waals surface area (Å²) in [5.41, 5.74) is 0.236. The highest BCUT2D eigenvalue weighted by Crippen LogP contribution is 2.22. The average Bonchev–Trinajstić information content (AvgIpc) is 2.45. The number of nitrogens with zero attached hydrogens (tertiary/aromatic N) is 3. The smallest absolute Gasteiger partial charge is 0.135 e. The van der Waals surface area contributed by atoms with Crippen LogP contribution in [0.4, 0.5) is 0 Å². The molecule has 2 rings (SSSR count). The second kappa shape index (κ2) is 3.59. The Morgan fingerprint density at radius 3 is 2.80 bits per heavy atom. The normalized spacial score (nSPS) is 21.5. The molecule has 4 nitrogen and oxygen atoms in total. The average molecular weight is 209 g/mol. The standard InChI is InChI=1S/C11H19N3O/c1-11(2,3)7-10-13-12-9-6-8(15)4-5-14(9)10/h8,15H,4-7H2,1-3H3. The van der Waals surface area contributed by atoms with Gasteiger partial charge in [0.25, 0.3) is 0 Å². The molecule has 1 N–H and O–H groups in total. The summed E-state index contributed by atoms with van der Waals surface area (Å²) in [4.78, 5) is 0. The van der Waals surface area contributed by atoms with Crippen LogP contribution in [0.5, 0.6) is 0 Å². The van der Waals surface area contributed by atoms with E-state index in [0.29, 0.717) is 6.42 Å². The van der Waals surface area contributed by atoms with E-state index in [-0.39, 0.29) is 11.5 Å². The summed E-state index contributed by atoms with van der Waals surface area (Å²) in [6.45, 7) is 7.46. The molecule has 0 spiro atoms. The fraction of sp³-hybridized carbons (Fsp3) is 0.818. The van der Waals surface area contributed by atoms with Crippen molar-refractivity contribution >= 4 is 0 Å². The van der Waals surface area contributed by atoms with E-state index in [1.54, 1.807) is 0 Å². The minimum absolute atomic E-state index is 0.232. The number of aromatic nitrogens is 3. The second-order valence-corrected chi connectivity index (χ2v) is 5.57. The Morgan fingerprint density at radius 1 is 1.40 bits per heavy atom. The minimum Gasteiger partial charge on any atom is -0.393 e. The summed E-state index contributed by atoms with van der Waals surface area (Å²) in [5.74, 6) is 2.00. The van der Waals surface area contributed by atoms with Crippen molar-refractivity contribution in [3.63, 3.8) is 0 Å². The molecule has 0 radical (unpaired) electrons. The van der Waals surface area contributed by atoms with Crippen LogP contribution in [0.15, 0.2) is 0 Å². The number of hydrogen-bond acceptors (Lipinski definition) is 3. The Morgan fingerprint density at radius 2 is 2.13 bits per heavy atom. The van der Waals surface area contributed by atoms with Gasteiger partial charge in [0.1, 0.15) is 11.6 Å². The molecule has 0 aromatic carbocycles. The van der Waals surface area contributed by atoms with Gasteiger partial charge in [-0.1, -0.05) is 20.8 Å². The predicted octanol–water partition coefficient (Wildman–Crippen LogP) is 1.17. The molecular formula is C11H19N3O. The summed E-state index contributed by atoms with van der Waals surface area (Å²) in [6.07, 6.45) is 2.18. The molecule has 0 fully saturated rings. The van der Waals surface area contributed by atoms with Crippen molar-refractivity contribution in [2.24, 2.45) is 5.41 Å². The van der Waals surface area contributed by atoms with Crippen LogP contribution in [0, 0.1) is 5.41 Å². The molecule has 0 saturated carbocycles. The van der Waals surface area contributed by atoms with Gasteiger partial charge >= 0.3 is 0 Å². The van der Waals surface area contributed by atoms with Gasteiger partial charge in [0, 0.05) is 19.4 Å². The third kappa shape index (κ3) is 2.37. The van der Waals surface area contributed by atoms with Crippen molar-refractivity contribution in [1.82, 2.24) is 14.8 Å². The fourth-order valence-electron chi connectivity index (χ4n) is 1.98. The Labute approximate surface area is 90.3 Å². The summed E-state index contributed by atoms with van der Waals surface area (Å²) in [7, 11) is 0. The number of fused-ring (bicyclic) bond motifs is 1. The first kappa shape index (κ1) is 10.6. The molecule has 84 valence electrons. The Balaban J connectivity index is 2.21. The lowest BCUT2D eigenvalue weighted by Crippen LogP contribution is -2.25. The first-order chi connectivity index (χ1) is 6.96. The van der Waals surface area contributed by atoms with Gasteiger partial charge in [0.05, 0.1) is 6.10 Å². The summed E-state index contributed by atoms with van der Waals surface area (Å²) >= 11 is 0. The maximum absolute atomic E-state index is 9.52. The van der Waals surface area contributed by atoms with E-state index in [1.165, 1.54) is 0 Å². The van der Waals surface area contributed by atoms with Crippen LogP contribution >= 0.6 is 0 Å². The maximum Gasteiger partial charge on any atom is 0.135 e. The summed E-state index contributed by atoms with van der Waals surface area (Å²) in [6, 6.07) is 0. The van der Waals surface area contributed by atoms with Gasteiger partial charge < -0.3 is 9.67 Å². The second-order valence-electron chi connectivity index (χ2n) is 5.57. The molecule has 0 bridgehead atoms. The molecular weight excluding hydrogens is 190 g/mol. The van der Waals surface area contributed by atoms with Gasteiger partial charge in [0.15, 0.2) is 0 Å². The molecule has 2 heterocycles. The molecule has 1 aromatic heterocycles.